The summed E-state index contributed by atoms with van der Waals surface area (Å²) in [6.45, 7) is 10.1. The van der Waals surface area contributed by atoms with E-state index in [0.29, 0.717) is 0 Å². The van der Waals surface area contributed by atoms with E-state index in [9.17, 15) is 0 Å². The number of aryl methyl sites for hydroxylation is 2. The zero-order valence-corrected chi connectivity index (χ0v) is 10.9. The van der Waals surface area contributed by atoms with Crippen molar-refractivity contribution in [1.29, 1.82) is 0 Å². The molecular formula is C17H20. The predicted molar refractivity (Wildman–Crippen MR) is 77.3 cm³/mol. The molecule has 88 valence electrons. The van der Waals surface area contributed by atoms with Gasteiger partial charge in [-0.1, -0.05) is 66.7 Å². The Morgan fingerprint density at radius 3 is 1.88 bits per heavy atom. The maximum absolute atomic E-state index is 3.92. The number of hydrogen-bond acceptors (Lipinski definition) is 0. The maximum atomic E-state index is 3.92. The fourth-order valence-electron chi connectivity index (χ4n) is 1.69. The van der Waals surface area contributed by atoms with Crippen LogP contribution in [0, 0.1) is 13.8 Å². The van der Waals surface area contributed by atoms with Crippen LogP contribution < -0.4 is 10.4 Å². The Morgan fingerprint density at radius 2 is 1.53 bits per heavy atom. The summed E-state index contributed by atoms with van der Waals surface area (Å²) < 4.78 is 0. The first kappa shape index (κ1) is 13.2. The van der Waals surface area contributed by atoms with Crippen molar-refractivity contribution in [3.63, 3.8) is 0 Å². The molecule has 0 aliphatic heterocycles. The van der Waals surface area contributed by atoms with Gasteiger partial charge in [0.25, 0.3) is 0 Å². The summed E-state index contributed by atoms with van der Waals surface area (Å²) in [6, 6.07) is 16.4. The van der Waals surface area contributed by atoms with Gasteiger partial charge in [0.05, 0.1) is 0 Å². The first-order chi connectivity index (χ1) is 8.15. The standard InChI is InChI=1S/C10H12.C7H8/c1-4-10-8(2)6-5-7-9(10)3;1-7-5-3-2-4-6-7/h4-7H,2H2,1,3H3;2-6H,1H3/b10-4+;. The molecule has 0 amide bonds. The van der Waals surface area contributed by atoms with Gasteiger partial charge in [-0.2, -0.15) is 0 Å². The zero-order chi connectivity index (χ0) is 12.7. The third-order valence-electron chi connectivity index (χ3n) is 2.64. The molecular weight excluding hydrogens is 204 g/mol. The van der Waals surface area contributed by atoms with Crippen molar-refractivity contribution in [3.05, 3.63) is 70.1 Å². The lowest BCUT2D eigenvalue weighted by molar-refractivity contribution is 1.37. The van der Waals surface area contributed by atoms with Crippen LogP contribution in [0.4, 0.5) is 0 Å². The van der Waals surface area contributed by atoms with Gasteiger partial charge < -0.3 is 0 Å². The highest BCUT2D eigenvalue weighted by atomic mass is 13.9. The Labute approximate surface area is 104 Å². The largest absolute Gasteiger partial charge is 0.0912 e. The molecule has 0 saturated heterocycles. The molecule has 2 rings (SSSR count). The predicted octanol–water partition coefficient (Wildman–Crippen LogP) is 3.20. The van der Waals surface area contributed by atoms with E-state index >= 15 is 0 Å². The van der Waals surface area contributed by atoms with Gasteiger partial charge >= 0.3 is 0 Å². The normalized spacial score (nSPS) is 10.6. The van der Waals surface area contributed by atoms with Gasteiger partial charge in [0.15, 0.2) is 0 Å². The quantitative estimate of drug-likeness (QED) is 0.644. The Balaban J connectivity index is 0.000000181. The van der Waals surface area contributed by atoms with Crippen LogP contribution in [-0.2, 0) is 0 Å². The van der Waals surface area contributed by atoms with Crippen molar-refractivity contribution < 1.29 is 0 Å². The molecule has 2 aromatic rings. The molecule has 0 nitrogen and oxygen atoms in total. The van der Waals surface area contributed by atoms with E-state index in [1.54, 1.807) is 0 Å². The van der Waals surface area contributed by atoms with E-state index < -0.39 is 0 Å². The molecule has 0 spiro atoms. The Bertz CT molecular complexity index is 550. The van der Waals surface area contributed by atoms with Crippen molar-refractivity contribution >= 4 is 12.7 Å². The molecule has 0 aromatic heterocycles. The molecule has 0 N–H and O–H groups in total. The number of rotatable bonds is 0. The van der Waals surface area contributed by atoms with Gasteiger partial charge in [0.1, 0.15) is 0 Å². The minimum Gasteiger partial charge on any atom is -0.0912 e. The van der Waals surface area contributed by atoms with E-state index in [2.05, 4.69) is 44.7 Å². The average Bonchev–Trinajstić information content (AvgIpc) is 2.31. The van der Waals surface area contributed by atoms with Gasteiger partial charge in [0, 0.05) is 0 Å². The van der Waals surface area contributed by atoms with Gasteiger partial charge in [-0.25, -0.2) is 0 Å². The summed E-state index contributed by atoms with van der Waals surface area (Å²) >= 11 is 0. The molecule has 0 atom stereocenters. The summed E-state index contributed by atoms with van der Waals surface area (Å²) in [5.41, 5.74) is 2.62. The summed E-state index contributed by atoms with van der Waals surface area (Å²) in [4.78, 5) is 0. The molecule has 0 aliphatic carbocycles. The number of benzene rings is 2. The minimum atomic E-state index is 1.11. The molecule has 0 fully saturated rings. The van der Waals surface area contributed by atoms with Crippen molar-refractivity contribution in [1.82, 2.24) is 0 Å². The molecule has 17 heavy (non-hydrogen) atoms. The molecule has 0 heterocycles. The second kappa shape index (κ2) is 6.70. The SMILES string of the molecule is C=c1cccc(C)/c1=C/C.Cc1ccccc1. The molecule has 0 radical (unpaired) electrons. The molecule has 0 saturated carbocycles. The Morgan fingerprint density at radius 1 is 0.882 bits per heavy atom. The van der Waals surface area contributed by atoms with E-state index in [-0.39, 0.29) is 0 Å². The van der Waals surface area contributed by atoms with Crippen LogP contribution in [-0.4, -0.2) is 0 Å². The van der Waals surface area contributed by atoms with E-state index in [1.165, 1.54) is 16.3 Å². The van der Waals surface area contributed by atoms with Crippen LogP contribution in [0.25, 0.3) is 12.7 Å². The van der Waals surface area contributed by atoms with Crippen LogP contribution in [0.2, 0.25) is 0 Å². The van der Waals surface area contributed by atoms with E-state index in [0.717, 1.165) is 5.22 Å². The topological polar surface area (TPSA) is 0 Å². The van der Waals surface area contributed by atoms with Crippen molar-refractivity contribution in [2.24, 2.45) is 0 Å². The van der Waals surface area contributed by atoms with Crippen molar-refractivity contribution in [3.8, 4) is 0 Å². The highest BCUT2D eigenvalue weighted by Gasteiger charge is 1.84. The first-order valence-electron chi connectivity index (χ1n) is 5.87. The lowest BCUT2D eigenvalue weighted by atomic mass is 10.1. The highest BCUT2D eigenvalue weighted by Crippen LogP contribution is 1.92. The number of hydrogen-bond donors (Lipinski definition) is 0. The van der Waals surface area contributed by atoms with Crippen LogP contribution in [0.15, 0.2) is 48.5 Å². The third kappa shape index (κ3) is 4.28. The molecule has 0 aliphatic rings. The lowest BCUT2D eigenvalue weighted by Crippen LogP contribution is -2.24. The van der Waals surface area contributed by atoms with Crippen molar-refractivity contribution in [2.45, 2.75) is 20.8 Å². The summed E-state index contributed by atoms with van der Waals surface area (Å²) in [5.74, 6) is 0. The summed E-state index contributed by atoms with van der Waals surface area (Å²) in [5, 5.41) is 2.38. The second-order valence-corrected chi connectivity index (χ2v) is 4.09. The van der Waals surface area contributed by atoms with Crippen LogP contribution >= 0.6 is 0 Å². The van der Waals surface area contributed by atoms with Crippen LogP contribution in [0.3, 0.4) is 0 Å². The third-order valence-corrected chi connectivity index (χ3v) is 2.64. The molecule has 0 bridgehead atoms. The Kier molecular flexibility index (Phi) is 5.22. The minimum absolute atomic E-state index is 1.11. The lowest BCUT2D eigenvalue weighted by Gasteiger charge is -1.92. The molecule has 2 aromatic carbocycles. The Hall–Kier alpha value is -1.82. The van der Waals surface area contributed by atoms with Gasteiger partial charge in [0.2, 0.25) is 0 Å². The van der Waals surface area contributed by atoms with Gasteiger partial charge in [-0.15, -0.1) is 0 Å². The molecule has 0 heteroatoms. The smallest absolute Gasteiger partial charge is 0.0203 e. The fraction of sp³-hybridized carbons (Fsp3) is 0.176. The van der Waals surface area contributed by atoms with Crippen LogP contribution in [0.1, 0.15) is 18.1 Å². The van der Waals surface area contributed by atoms with Crippen molar-refractivity contribution in [2.75, 3.05) is 0 Å². The van der Waals surface area contributed by atoms with E-state index in [1.807, 2.05) is 37.3 Å². The summed E-state index contributed by atoms with van der Waals surface area (Å²) in [6.07, 6.45) is 2.09. The monoisotopic (exact) mass is 224 g/mol. The first-order valence-corrected chi connectivity index (χ1v) is 5.87. The van der Waals surface area contributed by atoms with Gasteiger partial charge in [-0.05, 0) is 36.8 Å². The van der Waals surface area contributed by atoms with Gasteiger partial charge in [-0.3, -0.25) is 0 Å². The average molecular weight is 224 g/mol. The fourth-order valence-corrected chi connectivity index (χ4v) is 1.69. The molecule has 0 unspecified atom stereocenters. The maximum Gasteiger partial charge on any atom is -0.0203 e. The zero-order valence-electron chi connectivity index (χ0n) is 10.9. The highest BCUT2D eigenvalue weighted by molar-refractivity contribution is 5.29. The van der Waals surface area contributed by atoms with E-state index in [4.69, 9.17) is 0 Å². The second-order valence-electron chi connectivity index (χ2n) is 4.09. The summed E-state index contributed by atoms with van der Waals surface area (Å²) in [7, 11) is 0. The van der Waals surface area contributed by atoms with Crippen LogP contribution in [0.5, 0.6) is 0 Å².